The zero-order valence-corrected chi connectivity index (χ0v) is 18.1. The Labute approximate surface area is 188 Å². The van der Waals surface area contributed by atoms with E-state index in [1.165, 1.54) is 17.8 Å². The van der Waals surface area contributed by atoms with Crippen molar-refractivity contribution in [2.24, 2.45) is 4.99 Å². The fraction of sp³-hybridized carbons (Fsp3) is 0.0833. The Hall–Kier alpha value is -3.09. The molecule has 1 fully saturated rings. The summed E-state index contributed by atoms with van der Waals surface area (Å²) in [5.74, 6) is -0.0904. The van der Waals surface area contributed by atoms with Gasteiger partial charge >= 0.3 is 0 Å². The molecule has 0 unspecified atom stereocenters. The van der Waals surface area contributed by atoms with E-state index in [1.807, 2.05) is 31.2 Å². The number of halogens is 2. The Morgan fingerprint density at radius 3 is 2.68 bits per heavy atom. The highest BCUT2D eigenvalue weighted by Crippen LogP contribution is 2.32. The van der Waals surface area contributed by atoms with Crippen molar-refractivity contribution in [1.29, 1.82) is 0 Å². The molecule has 0 saturated carbocycles. The highest BCUT2D eigenvalue weighted by atomic mass is 35.5. The van der Waals surface area contributed by atoms with Crippen LogP contribution in [0, 0.1) is 12.7 Å². The van der Waals surface area contributed by atoms with Crippen molar-refractivity contribution in [2.45, 2.75) is 13.5 Å². The first kappa shape index (κ1) is 21.2. The summed E-state index contributed by atoms with van der Waals surface area (Å²) in [6, 6.07) is 19.2. The Morgan fingerprint density at radius 1 is 1.13 bits per heavy atom. The summed E-state index contributed by atoms with van der Waals surface area (Å²) < 4.78 is 19.7. The van der Waals surface area contributed by atoms with Crippen molar-refractivity contribution in [1.82, 2.24) is 5.32 Å². The molecule has 1 N–H and O–H groups in total. The van der Waals surface area contributed by atoms with E-state index >= 15 is 0 Å². The van der Waals surface area contributed by atoms with E-state index in [4.69, 9.17) is 16.3 Å². The molecule has 0 radical (unpaired) electrons. The monoisotopic (exact) mass is 452 g/mol. The number of nitrogens with zero attached hydrogens (tertiary/aromatic N) is 1. The van der Waals surface area contributed by atoms with Crippen LogP contribution in [-0.2, 0) is 11.4 Å². The normalized spacial score (nSPS) is 16.0. The fourth-order valence-corrected chi connectivity index (χ4v) is 3.91. The lowest BCUT2D eigenvalue weighted by Gasteiger charge is -2.10. The predicted molar refractivity (Wildman–Crippen MR) is 124 cm³/mol. The molecule has 3 aromatic rings. The topological polar surface area (TPSA) is 50.7 Å². The molecule has 0 spiro atoms. The zero-order chi connectivity index (χ0) is 21.8. The average molecular weight is 453 g/mol. The maximum Gasteiger partial charge on any atom is 0.264 e. The van der Waals surface area contributed by atoms with Gasteiger partial charge in [0.2, 0.25) is 0 Å². The van der Waals surface area contributed by atoms with Crippen LogP contribution >= 0.6 is 23.4 Å². The summed E-state index contributed by atoms with van der Waals surface area (Å²) in [4.78, 5) is 17.4. The second kappa shape index (κ2) is 9.37. The molecular weight excluding hydrogens is 435 g/mol. The van der Waals surface area contributed by atoms with Crippen molar-refractivity contribution in [3.05, 3.63) is 99.2 Å². The minimum Gasteiger partial charge on any atom is -0.488 e. The van der Waals surface area contributed by atoms with Gasteiger partial charge in [-0.1, -0.05) is 47.5 Å². The number of amides is 1. The van der Waals surface area contributed by atoms with E-state index in [9.17, 15) is 9.18 Å². The van der Waals surface area contributed by atoms with E-state index < -0.39 is 0 Å². The number of nitrogens with one attached hydrogen (secondary N) is 1. The molecule has 1 aliphatic rings. The van der Waals surface area contributed by atoms with Crippen LogP contribution in [0.15, 0.2) is 76.6 Å². The number of carbonyl (C=O) groups is 1. The van der Waals surface area contributed by atoms with Gasteiger partial charge in [0.15, 0.2) is 5.17 Å². The summed E-state index contributed by atoms with van der Waals surface area (Å²) in [6.07, 6.45) is 1.69. The Kier molecular flexibility index (Phi) is 6.39. The number of rotatable bonds is 5. The molecule has 0 atom stereocenters. The first-order valence-corrected chi connectivity index (χ1v) is 10.7. The van der Waals surface area contributed by atoms with Crippen molar-refractivity contribution in [2.75, 3.05) is 0 Å². The molecule has 4 nitrogen and oxygen atoms in total. The van der Waals surface area contributed by atoms with E-state index in [1.54, 1.807) is 42.5 Å². The van der Waals surface area contributed by atoms with Crippen LogP contribution in [0.1, 0.15) is 16.7 Å². The molecule has 0 bridgehead atoms. The van der Waals surface area contributed by atoms with E-state index in [2.05, 4.69) is 10.3 Å². The van der Waals surface area contributed by atoms with Crippen LogP contribution in [0.4, 0.5) is 10.1 Å². The van der Waals surface area contributed by atoms with Crippen molar-refractivity contribution >= 4 is 46.2 Å². The Bertz CT molecular complexity index is 1190. The zero-order valence-electron chi connectivity index (χ0n) is 16.6. The molecule has 1 aliphatic heterocycles. The predicted octanol–water partition coefficient (Wildman–Crippen LogP) is 6.26. The van der Waals surface area contributed by atoms with Crippen LogP contribution in [0.3, 0.4) is 0 Å². The van der Waals surface area contributed by atoms with Crippen LogP contribution in [0.5, 0.6) is 5.75 Å². The van der Waals surface area contributed by atoms with Gasteiger partial charge in [-0.15, -0.1) is 0 Å². The van der Waals surface area contributed by atoms with Gasteiger partial charge in [0.1, 0.15) is 18.2 Å². The maximum absolute atomic E-state index is 13.9. The number of ether oxygens (including phenoxy) is 1. The SMILES string of the molecule is Cc1ccc(N=C2NC(=O)/C(=C/c3cc(Cl)ccc3OCc3ccccc3F)S2)cc1. The van der Waals surface area contributed by atoms with Gasteiger partial charge in [-0.05, 0) is 61.2 Å². The van der Waals surface area contributed by atoms with Crippen LogP contribution in [-0.4, -0.2) is 11.1 Å². The molecule has 1 heterocycles. The third-order valence-corrected chi connectivity index (χ3v) is 5.66. The van der Waals surface area contributed by atoms with Gasteiger partial charge < -0.3 is 10.1 Å². The third kappa shape index (κ3) is 5.34. The molecule has 3 aromatic carbocycles. The molecule has 1 amide bonds. The first-order valence-electron chi connectivity index (χ1n) is 9.50. The smallest absolute Gasteiger partial charge is 0.264 e. The van der Waals surface area contributed by atoms with Gasteiger partial charge in [-0.2, -0.15) is 0 Å². The number of hydrogen-bond donors (Lipinski definition) is 1. The summed E-state index contributed by atoms with van der Waals surface area (Å²) in [6.45, 7) is 2.06. The number of amidine groups is 1. The first-order chi connectivity index (χ1) is 15.0. The Balaban J connectivity index is 1.56. The quantitative estimate of drug-likeness (QED) is 0.465. The fourth-order valence-electron chi connectivity index (χ4n) is 2.89. The second-order valence-corrected chi connectivity index (χ2v) is 8.35. The summed E-state index contributed by atoms with van der Waals surface area (Å²) in [5.41, 5.74) is 2.96. The summed E-state index contributed by atoms with van der Waals surface area (Å²) in [5, 5.41) is 3.77. The largest absolute Gasteiger partial charge is 0.488 e. The highest BCUT2D eigenvalue weighted by molar-refractivity contribution is 8.18. The lowest BCUT2D eigenvalue weighted by molar-refractivity contribution is -0.115. The van der Waals surface area contributed by atoms with Crippen LogP contribution in [0.2, 0.25) is 5.02 Å². The van der Waals surface area contributed by atoms with Gasteiger partial charge in [0, 0.05) is 16.1 Å². The van der Waals surface area contributed by atoms with Gasteiger partial charge in [-0.3, -0.25) is 4.79 Å². The molecular formula is C24H18ClFN2O2S. The lowest BCUT2D eigenvalue weighted by atomic mass is 10.1. The second-order valence-electron chi connectivity index (χ2n) is 6.88. The number of carbonyl (C=O) groups excluding carboxylic acids is 1. The molecule has 1 saturated heterocycles. The maximum atomic E-state index is 13.9. The number of aliphatic imine (C=N–C) groups is 1. The van der Waals surface area contributed by atoms with Crippen LogP contribution in [0.25, 0.3) is 6.08 Å². The van der Waals surface area contributed by atoms with Crippen molar-refractivity contribution in [3.8, 4) is 5.75 Å². The van der Waals surface area contributed by atoms with E-state index in [0.717, 1.165) is 11.3 Å². The highest BCUT2D eigenvalue weighted by Gasteiger charge is 2.24. The number of aryl methyl sites for hydroxylation is 1. The third-order valence-electron chi connectivity index (χ3n) is 4.51. The summed E-state index contributed by atoms with van der Waals surface area (Å²) >= 11 is 7.39. The molecule has 31 heavy (non-hydrogen) atoms. The molecule has 0 aromatic heterocycles. The molecule has 7 heteroatoms. The van der Waals surface area contributed by atoms with Gasteiger partial charge in [-0.25, -0.2) is 9.38 Å². The van der Waals surface area contributed by atoms with Crippen molar-refractivity contribution < 1.29 is 13.9 Å². The molecule has 4 rings (SSSR count). The summed E-state index contributed by atoms with van der Waals surface area (Å²) in [7, 11) is 0. The number of hydrogen-bond acceptors (Lipinski definition) is 4. The van der Waals surface area contributed by atoms with Gasteiger partial charge in [0.05, 0.1) is 10.6 Å². The van der Waals surface area contributed by atoms with E-state index in [0.29, 0.717) is 32.0 Å². The Morgan fingerprint density at radius 2 is 1.90 bits per heavy atom. The van der Waals surface area contributed by atoms with Gasteiger partial charge in [0.25, 0.3) is 5.91 Å². The molecule has 0 aliphatic carbocycles. The lowest BCUT2D eigenvalue weighted by Crippen LogP contribution is -2.19. The average Bonchev–Trinajstić information content (AvgIpc) is 3.09. The van der Waals surface area contributed by atoms with Crippen LogP contribution < -0.4 is 10.1 Å². The minimum atomic E-state index is -0.334. The van der Waals surface area contributed by atoms with Crippen molar-refractivity contribution in [3.63, 3.8) is 0 Å². The minimum absolute atomic E-state index is 0.0595. The van der Waals surface area contributed by atoms with E-state index in [-0.39, 0.29) is 18.3 Å². The number of benzene rings is 3. The molecule has 156 valence electrons. The number of thioether (sulfide) groups is 1. The standard InChI is InChI=1S/C24H18ClFN2O2S/c1-15-6-9-19(10-7-15)27-24-28-23(29)22(31-24)13-17-12-18(25)8-11-21(17)30-14-16-4-2-3-5-20(16)26/h2-13H,14H2,1H3,(H,27,28,29)/b22-13-.